The van der Waals surface area contributed by atoms with E-state index in [0.717, 1.165) is 64.6 Å². The van der Waals surface area contributed by atoms with Crippen LogP contribution in [0.25, 0.3) is 135 Å². The van der Waals surface area contributed by atoms with Crippen LogP contribution in [-0.2, 0) is 4.65 Å². The molecule has 0 aliphatic carbocycles. The van der Waals surface area contributed by atoms with Gasteiger partial charge in [-0.15, -0.1) is 0 Å². The molecule has 14 aromatic rings. The van der Waals surface area contributed by atoms with E-state index in [2.05, 4.69) is 107 Å². The van der Waals surface area contributed by atoms with E-state index in [1.807, 2.05) is 12.4 Å². The summed E-state index contributed by atoms with van der Waals surface area (Å²) in [7, 11) is -3.15. The van der Waals surface area contributed by atoms with Gasteiger partial charge in [0.25, 0.3) is 0 Å². The molecule has 2 N–H and O–H groups in total. The molecule has 0 unspecified atom stereocenters. The SMILES string of the molecule is O=C(/C=C(/OB(F)F)c1[nH]cc2c3ccc4ccc5ccc6ccc(c12)c1c6c5c4c31)c1[nH]cc2c3ccc4ccc5ccc6ccc(c12)c1c6c5c4c31. The van der Waals surface area contributed by atoms with Crippen LogP contribution in [0.5, 0.6) is 0 Å². The van der Waals surface area contributed by atoms with E-state index < -0.39 is 13.3 Å². The summed E-state index contributed by atoms with van der Waals surface area (Å²) in [6.07, 6.45) is 4.96. The van der Waals surface area contributed by atoms with Crippen LogP contribution in [0.1, 0.15) is 16.2 Å². The molecule has 0 radical (unpaired) electrons. The van der Waals surface area contributed by atoms with Gasteiger partial charge in [-0.3, -0.25) is 4.79 Å². The van der Waals surface area contributed by atoms with Crippen molar-refractivity contribution in [3.8, 4) is 0 Å². The summed E-state index contributed by atoms with van der Waals surface area (Å²) in [6.45, 7) is 0. The number of rotatable bonds is 5. The van der Waals surface area contributed by atoms with E-state index in [1.165, 1.54) is 70.7 Å². The smallest absolute Gasteiger partial charge is 0.503 e. The zero-order chi connectivity index (χ0) is 35.3. The predicted molar refractivity (Wildman–Crippen MR) is 220 cm³/mol. The fraction of sp³-hybridized carbons (Fsp3) is 0. The first kappa shape index (κ1) is 27.6. The summed E-state index contributed by atoms with van der Waals surface area (Å²) >= 11 is 0. The Morgan fingerprint density at radius 1 is 0.426 bits per heavy atom. The van der Waals surface area contributed by atoms with Crippen LogP contribution >= 0.6 is 0 Å². The summed E-state index contributed by atoms with van der Waals surface area (Å²) in [4.78, 5) is 21.1. The lowest BCUT2D eigenvalue weighted by molar-refractivity contribution is 0.104. The molecule has 54 heavy (non-hydrogen) atoms. The first-order valence-electron chi connectivity index (χ1n) is 18.1. The summed E-state index contributed by atoms with van der Waals surface area (Å²) in [5.41, 5.74) is 0.679. The number of nitrogens with one attached hydrogen (secondary N) is 2. The second-order valence-electron chi connectivity index (χ2n) is 15.0. The molecule has 4 nitrogen and oxygen atoms in total. The number of aromatic amines is 2. The molecule has 7 heteroatoms. The fourth-order valence-corrected chi connectivity index (χ4v) is 10.7. The average Bonchev–Trinajstić information content (AvgIpc) is 3.99. The van der Waals surface area contributed by atoms with Crippen LogP contribution in [0, 0.1) is 0 Å². The lowest BCUT2D eigenvalue weighted by Crippen LogP contribution is -2.07. The fourth-order valence-electron chi connectivity index (χ4n) is 10.7. The highest BCUT2D eigenvalue weighted by Crippen LogP contribution is 2.53. The highest BCUT2D eigenvalue weighted by molar-refractivity contribution is 6.50. The maximum Gasteiger partial charge on any atom is 0.796 e. The number of allylic oxidation sites excluding steroid dienone is 1. The molecular formula is C47H21BF2N2O2. The number of fused-ring (bicyclic) bond motifs is 6. The highest BCUT2D eigenvalue weighted by atomic mass is 19.2. The zero-order valence-corrected chi connectivity index (χ0v) is 28.1. The second kappa shape index (κ2) is 8.96. The van der Waals surface area contributed by atoms with E-state index in [4.69, 9.17) is 4.65 Å². The number of hydrogen-bond acceptors (Lipinski definition) is 2. The predicted octanol–water partition coefficient (Wildman–Crippen LogP) is 13.0. The number of hydrogen-bond donors (Lipinski definition) is 2. The van der Waals surface area contributed by atoms with Crippen molar-refractivity contribution in [3.63, 3.8) is 0 Å². The highest BCUT2D eigenvalue weighted by Gasteiger charge is 2.29. The van der Waals surface area contributed by atoms with E-state index in [0.29, 0.717) is 11.4 Å². The first-order valence-corrected chi connectivity index (χ1v) is 18.1. The molecule has 0 amide bonds. The number of benzene rings is 10. The number of H-pyrrole nitrogens is 2. The Hall–Kier alpha value is -6.99. The number of aromatic nitrogens is 2. The molecule has 0 bridgehead atoms. The summed E-state index contributed by atoms with van der Waals surface area (Å²) in [6, 6.07) is 34.2. The Balaban J connectivity index is 1.05. The third kappa shape index (κ3) is 2.98. The van der Waals surface area contributed by atoms with Gasteiger partial charge >= 0.3 is 7.47 Å². The Bertz CT molecular complexity index is 3920. The molecule has 248 valence electrons. The van der Waals surface area contributed by atoms with E-state index in [9.17, 15) is 13.4 Å². The lowest BCUT2D eigenvalue weighted by Gasteiger charge is -2.12. The van der Waals surface area contributed by atoms with E-state index >= 15 is 0 Å². The van der Waals surface area contributed by atoms with Crippen molar-refractivity contribution < 1.29 is 18.1 Å². The number of halogens is 2. The molecule has 2 heterocycles. The first-order chi connectivity index (χ1) is 26.5. The van der Waals surface area contributed by atoms with Crippen molar-refractivity contribution in [2.45, 2.75) is 0 Å². The Kier molecular flexibility index (Phi) is 4.59. The minimum absolute atomic E-state index is 0.208. The van der Waals surface area contributed by atoms with Gasteiger partial charge in [-0.25, -0.2) is 8.63 Å². The van der Waals surface area contributed by atoms with Crippen molar-refractivity contribution >= 4 is 148 Å². The average molecular weight is 695 g/mol. The summed E-state index contributed by atoms with van der Waals surface area (Å²) < 4.78 is 34.1. The van der Waals surface area contributed by atoms with Gasteiger partial charge in [0.1, 0.15) is 5.76 Å². The standard InChI is InChI=1S/C47H21BF2N2O2/c49-48(50)54-33(47-41-29-16-12-25-8-4-21-2-6-23-10-14-27(31(41)19-52-47)43-37(23)35(21)39(25)45(29)43)17-32(53)46-40-28-15-11-24-7-3-20-1-5-22-9-13-26(30(40)18-51-46)42-36(22)34(20)38(24)44(28)42/h1-19,51-52H/b33-17+. The zero-order valence-electron chi connectivity index (χ0n) is 28.1. The number of carbonyl (C=O) groups excluding carboxylic acids is 1. The number of ketones is 1. The molecule has 0 saturated heterocycles. The molecule has 2 aromatic heterocycles. The molecular weight excluding hydrogens is 673 g/mol. The van der Waals surface area contributed by atoms with Crippen molar-refractivity contribution in [2.24, 2.45) is 0 Å². The monoisotopic (exact) mass is 694 g/mol. The Morgan fingerprint density at radius 2 is 0.759 bits per heavy atom. The van der Waals surface area contributed by atoms with Crippen molar-refractivity contribution in [1.82, 2.24) is 9.97 Å². The third-order valence-electron chi connectivity index (χ3n) is 12.6. The van der Waals surface area contributed by atoms with Crippen molar-refractivity contribution in [1.29, 1.82) is 0 Å². The van der Waals surface area contributed by atoms with E-state index in [-0.39, 0.29) is 5.76 Å². The van der Waals surface area contributed by atoms with E-state index in [1.54, 1.807) is 0 Å². The lowest BCUT2D eigenvalue weighted by atomic mass is 9.93. The molecule has 0 fully saturated rings. The quantitative estimate of drug-likeness (QED) is 0.0619. The maximum atomic E-state index is 14.6. The number of carbonyl (C=O) groups is 1. The Labute approximate surface area is 302 Å². The molecule has 0 aliphatic heterocycles. The summed E-state index contributed by atoms with van der Waals surface area (Å²) in [5, 5.41) is 26.2. The van der Waals surface area contributed by atoms with Crippen LogP contribution in [0.3, 0.4) is 0 Å². The van der Waals surface area contributed by atoms with Crippen LogP contribution < -0.4 is 0 Å². The van der Waals surface area contributed by atoms with Gasteiger partial charge in [-0.1, -0.05) is 97.1 Å². The topological polar surface area (TPSA) is 57.9 Å². The van der Waals surface area contributed by atoms with Crippen LogP contribution in [0.2, 0.25) is 0 Å². The summed E-state index contributed by atoms with van der Waals surface area (Å²) in [5.74, 6) is -0.656. The normalized spacial score (nSPS) is 13.6. The molecule has 0 spiro atoms. The van der Waals surface area contributed by atoms with Crippen LogP contribution in [-0.4, -0.2) is 23.2 Å². The van der Waals surface area contributed by atoms with Gasteiger partial charge in [0.15, 0.2) is 0 Å². The van der Waals surface area contributed by atoms with Crippen LogP contribution in [0.15, 0.2) is 116 Å². The third-order valence-corrected chi connectivity index (χ3v) is 12.6. The maximum absolute atomic E-state index is 14.6. The second-order valence-corrected chi connectivity index (χ2v) is 15.0. The molecule has 0 aliphatic rings. The van der Waals surface area contributed by atoms with Gasteiger partial charge in [0.05, 0.1) is 11.4 Å². The molecule has 12 aromatic carbocycles. The minimum Gasteiger partial charge on any atom is -0.503 e. The van der Waals surface area contributed by atoms with Crippen LogP contribution in [0.4, 0.5) is 8.63 Å². The van der Waals surface area contributed by atoms with Gasteiger partial charge in [0, 0.05) is 40.0 Å². The largest absolute Gasteiger partial charge is 0.796 e. The van der Waals surface area contributed by atoms with Crippen molar-refractivity contribution in [3.05, 3.63) is 127 Å². The molecule has 0 atom stereocenters. The minimum atomic E-state index is -3.15. The van der Waals surface area contributed by atoms with Gasteiger partial charge in [-0.2, -0.15) is 0 Å². The van der Waals surface area contributed by atoms with Crippen molar-refractivity contribution in [2.75, 3.05) is 0 Å². The van der Waals surface area contributed by atoms with Gasteiger partial charge in [-0.05, 0) is 108 Å². The van der Waals surface area contributed by atoms with Gasteiger partial charge < -0.3 is 14.6 Å². The van der Waals surface area contributed by atoms with Gasteiger partial charge in [0.2, 0.25) is 5.78 Å². The molecule has 14 rings (SSSR count). The molecule has 0 saturated carbocycles. The Morgan fingerprint density at radius 3 is 1.19 bits per heavy atom.